The monoisotopic (exact) mass is 233 g/mol. The van der Waals surface area contributed by atoms with Crippen molar-refractivity contribution in [2.45, 2.75) is 6.92 Å². The van der Waals surface area contributed by atoms with E-state index in [1.807, 2.05) is 0 Å². The van der Waals surface area contributed by atoms with Crippen molar-refractivity contribution in [2.24, 2.45) is 7.05 Å². The van der Waals surface area contributed by atoms with Gasteiger partial charge < -0.3 is 4.74 Å². The Morgan fingerprint density at radius 1 is 1.41 bits per heavy atom. The summed E-state index contributed by atoms with van der Waals surface area (Å²) in [5.41, 5.74) is 1.61. The summed E-state index contributed by atoms with van der Waals surface area (Å²) in [6, 6.07) is 3.36. The molecule has 2 aromatic heterocycles. The van der Waals surface area contributed by atoms with Gasteiger partial charge in [-0.1, -0.05) is 0 Å². The lowest BCUT2D eigenvalue weighted by molar-refractivity contribution is 0.0594. The summed E-state index contributed by atoms with van der Waals surface area (Å²) in [4.78, 5) is 16.8. The van der Waals surface area contributed by atoms with Crippen molar-refractivity contribution < 1.29 is 9.53 Å². The normalized spacial score (nSPS) is 10.3. The molecule has 0 aliphatic heterocycles. The second kappa shape index (κ2) is 4.28. The summed E-state index contributed by atoms with van der Waals surface area (Å²) >= 11 is 0. The summed E-state index contributed by atoms with van der Waals surface area (Å²) in [5, 5.41) is 11.7. The third-order valence-corrected chi connectivity index (χ3v) is 2.11. The van der Waals surface area contributed by atoms with Gasteiger partial charge in [-0.2, -0.15) is 4.80 Å². The minimum absolute atomic E-state index is 0.231. The highest BCUT2D eigenvalue weighted by molar-refractivity contribution is 5.88. The number of rotatable bonds is 2. The summed E-state index contributed by atoms with van der Waals surface area (Å²) in [6.07, 6.45) is 0. The van der Waals surface area contributed by atoms with E-state index in [-0.39, 0.29) is 5.69 Å². The van der Waals surface area contributed by atoms with E-state index in [4.69, 9.17) is 0 Å². The van der Waals surface area contributed by atoms with Crippen LogP contribution in [0.1, 0.15) is 16.2 Å². The zero-order valence-electron chi connectivity index (χ0n) is 9.71. The molecule has 0 bridgehead atoms. The van der Waals surface area contributed by atoms with Gasteiger partial charge in [0.1, 0.15) is 5.69 Å². The van der Waals surface area contributed by atoms with Crippen LogP contribution >= 0.6 is 0 Å². The summed E-state index contributed by atoms with van der Waals surface area (Å²) < 4.78 is 4.62. The smallest absolute Gasteiger partial charge is 0.356 e. The van der Waals surface area contributed by atoms with Crippen LogP contribution in [0, 0.1) is 6.92 Å². The van der Waals surface area contributed by atoms with Crippen LogP contribution in [-0.4, -0.2) is 38.3 Å². The first-order valence-electron chi connectivity index (χ1n) is 4.91. The largest absolute Gasteiger partial charge is 0.464 e. The third-order valence-electron chi connectivity index (χ3n) is 2.11. The molecule has 0 unspecified atom stereocenters. The third kappa shape index (κ3) is 2.27. The molecule has 0 aromatic carbocycles. The molecule has 88 valence electrons. The van der Waals surface area contributed by atoms with Gasteiger partial charge in [-0.05, 0) is 24.3 Å². The van der Waals surface area contributed by atoms with E-state index in [1.54, 1.807) is 26.1 Å². The summed E-state index contributed by atoms with van der Waals surface area (Å²) in [5.74, 6) is -0.0398. The van der Waals surface area contributed by atoms with Crippen LogP contribution in [-0.2, 0) is 11.8 Å². The molecule has 2 heterocycles. The first kappa shape index (κ1) is 11.2. The van der Waals surface area contributed by atoms with Gasteiger partial charge in [-0.15, -0.1) is 10.2 Å². The highest BCUT2D eigenvalue weighted by Gasteiger charge is 2.12. The zero-order chi connectivity index (χ0) is 12.4. The quantitative estimate of drug-likeness (QED) is 0.697. The first-order chi connectivity index (χ1) is 8.10. The van der Waals surface area contributed by atoms with E-state index >= 15 is 0 Å². The molecule has 0 radical (unpaired) electrons. The van der Waals surface area contributed by atoms with Crippen molar-refractivity contribution in [3.8, 4) is 11.4 Å². The summed E-state index contributed by atoms with van der Waals surface area (Å²) in [7, 11) is 2.98. The fourth-order valence-electron chi connectivity index (χ4n) is 1.41. The van der Waals surface area contributed by atoms with Crippen LogP contribution in [0.15, 0.2) is 12.1 Å². The lowest BCUT2D eigenvalue weighted by atomic mass is 10.2. The van der Waals surface area contributed by atoms with Crippen molar-refractivity contribution in [3.05, 3.63) is 23.5 Å². The molecule has 0 spiro atoms. The van der Waals surface area contributed by atoms with E-state index < -0.39 is 5.97 Å². The van der Waals surface area contributed by atoms with Gasteiger partial charge in [0.15, 0.2) is 0 Å². The number of ether oxygens (including phenoxy) is 1. The number of tetrazole rings is 1. The number of carbonyl (C=O) groups excluding carboxylic acids is 1. The van der Waals surface area contributed by atoms with Gasteiger partial charge in [-0.25, -0.2) is 9.78 Å². The number of hydrogen-bond acceptors (Lipinski definition) is 6. The summed E-state index contributed by atoms with van der Waals surface area (Å²) in [6.45, 7) is 1.78. The van der Waals surface area contributed by atoms with Crippen LogP contribution < -0.4 is 0 Å². The topological polar surface area (TPSA) is 82.8 Å². The predicted molar refractivity (Wildman–Crippen MR) is 58.1 cm³/mol. The van der Waals surface area contributed by atoms with Crippen molar-refractivity contribution in [1.82, 2.24) is 25.2 Å². The van der Waals surface area contributed by atoms with Gasteiger partial charge in [-0.3, -0.25) is 0 Å². The van der Waals surface area contributed by atoms with Crippen molar-refractivity contribution in [3.63, 3.8) is 0 Å². The number of hydrogen-bond donors (Lipinski definition) is 0. The molecule has 0 aliphatic carbocycles. The molecule has 2 aromatic rings. The van der Waals surface area contributed by atoms with Gasteiger partial charge >= 0.3 is 5.97 Å². The Balaban J connectivity index is 2.48. The van der Waals surface area contributed by atoms with Crippen molar-refractivity contribution >= 4 is 5.97 Å². The van der Waals surface area contributed by atoms with E-state index in [9.17, 15) is 4.79 Å². The molecule has 0 atom stereocenters. The second-order valence-electron chi connectivity index (χ2n) is 3.48. The standard InChI is InChI=1S/C10H11N5O2/c1-6-4-7(9-12-14-15(2)13-9)5-8(11-6)10(16)17-3/h4-5H,1-3H3. The number of esters is 1. The zero-order valence-corrected chi connectivity index (χ0v) is 9.71. The van der Waals surface area contributed by atoms with Crippen LogP contribution in [0.25, 0.3) is 11.4 Å². The predicted octanol–water partition coefficient (Wildman–Crippen LogP) is 0.367. The Hall–Kier alpha value is -2.31. The molecule has 0 N–H and O–H groups in total. The molecule has 7 nitrogen and oxygen atoms in total. The second-order valence-corrected chi connectivity index (χ2v) is 3.48. The average molecular weight is 233 g/mol. The molecule has 2 rings (SSSR count). The molecule has 7 heteroatoms. The molecule has 0 amide bonds. The first-order valence-corrected chi connectivity index (χ1v) is 4.91. The minimum atomic E-state index is -0.487. The van der Waals surface area contributed by atoms with E-state index in [1.165, 1.54) is 11.9 Å². The van der Waals surface area contributed by atoms with Gasteiger partial charge in [0.2, 0.25) is 5.82 Å². The highest BCUT2D eigenvalue weighted by atomic mass is 16.5. The van der Waals surface area contributed by atoms with Crippen LogP contribution in [0.3, 0.4) is 0 Å². The number of aromatic nitrogens is 5. The van der Waals surface area contributed by atoms with Crippen molar-refractivity contribution in [2.75, 3.05) is 7.11 Å². The average Bonchev–Trinajstić information content (AvgIpc) is 2.74. The molecular formula is C10H11N5O2. The SMILES string of the molecule is COC(=O)c1cc(-c2nnn(C)n2)cc(C)n1. The van der Waals surface area contributed by atoms with Crippen LogP contribution in [0.4, 0.5) is 0 Å². The molecule has 0 aliphatic rings. The van der Waals surface area contributed by atoms with Crippen LogP contribution in [0.2, 0.25) is 0 Å². The minimum Gasteiger partial charge on any atom is -0.464 e. The molecule has 17 heavy (non-hydrogen) atoms. The van der Waals surface area contributed by atoms with E-state index in [0.717, 1.165) is 0 Å². The van der Waals surface area contributed by atoms with E-state index in [0.29, 0.717) is 17.1 Å². The maximum atomic E-state index is 11.4. The number of nitrogens with zero attached hydrogens (tertiary/aromatic N) is 5. The van der Waals surface area contributed by atoms with Gasteiger partial charge in [0, 0.05) is 11.3 Å². The number of aryl methyl sites for hydroxylation is 2. The highest BCUT2D eigenvalue weighted by Crippen LogP contribution is 2.16. The Kier molecular flexibility index (Phi) is 2.82. The lowest BCUT2D eigenvalue weighted by Gasteiger charge is -2.02. The molecule has 0 saturated heterocycles. The lowest BCUT2D eigenvalue weighted by Crippen LogP contribution is -2.05. The Labute approximate surface area is 97.4 Å². The van der Waals surface area contributed by atoms with Gasteiger partial charge in [0.25, 0.3) is 0 Å². The van der Waals surface area contributed by atoms with Crippen LogP contribution in [0.5, 0.6) is 0 Å². The maximum Gasteiger partial charge on any atom is 0.356 e. The molecular weight excluding hydrogens is 222 g/mol. The van der Waals surface area contributed by atoms with Crippen molar-refractivity contribution in [1.29, 1.82) is 0 Å². The Morgan fingerprint density at radius 3 is 2.76 bits per heavy atom. The fourth-order valence-corrected chi connectivity index (χ4v) is 1.41. The van der Waals surface area contributed by atoms with E-state index in [2.05, 4.69) is 25.1 Å². The maximum absolute atomic E-state index is 11.4. The Bertz CT molecular complexity index is 564. The van der Waals surface area contributed by atoms with Gasteiger partial charge in [0.05, 0.1) is 14.2 Å². The fraction of sp³-hybridized carbons (Fsp3) is 0.300. The number of carbonyl (C=O) groups is 1. The molecule has 0 saturated carbocycles. The molecule has 0 fully saturated rings. The number of pyridine rings is 1. The Morgan fingerprint density at radius 2 is 2.18 bits per heavy atom. The number of methoxy groups -OCH3 is 1.